The highest BCUT2D eigenvalue weighted by molar-refractivity contribution is 7.73. The van der Waals surface area contributed by atoms with Crippen LogP contribution in [0.5, 0.6) is 0 Å². The van der Waals surface area contributed by atoms with Gasteiger partial charge in [0, 0.05) is 5.16 Å². The van der Waals surface area contributed by atoms with Crippen molar-refractivity contribution in [3.8, 4) is 0 Å². The Balaban J connectivity index is 2.07. The maximum Gasteiger partial charge on any atom is 0.0606 e. The Bertz CT molecular complexity index is 820. The van der Waals surface area contributed by atoms with Crippen LogP contribution in [0.3, 0.4) is 0 Å². The van der Waals surface area contributed by atoms with Crippen LogP contribution in [-0.4, -0.2) is 5.16 Å². The van der Waals surface area contributed by atoms with Crippen molar-refractivity contribution in [2.45, 2.75) is 38.5 Å². The number of rotatable bonds is 5. The van der Waals surface area contributed by atoms with Gasteiger partial charge in [0.25, 0.3) is 0 Å². The van der Waals surface area contributed by atoms with Gasteiger partial charge in [-0.05, 0) is 24.2 Å². The number of hydrogen-bond donors (Lipinski definition) is 0. The fourth-order valence-corrected chi connectivity index (χ4v) is 7.74. The smallest absolute Gasteiger partial charge is 0.0606 e. The first-order valence-electron chi connectivity index (χ1n) is 9.09. The van der Waals surface area contributed by atoms with E-state index >= 15 is 0 Å². The predicted molar refractivity (Wildman–Crippen MR) is 118 cm³/mol. The lowest BCUT2D eigenvalue weighted by atomic mass is 10.2. The van der Waals surface area contributed by atoms with E-state index in [1.54, 1.807) is 0 Å². The molecule has 136 valence electrons. The quantitative estimate of drug-likeness (QED) is 0.416. The minimum absolute atomic E-state index is 0.185. The van der Waals surface area contributed by atoms with Gasteiger partial charge in [-0.2, -0.15) is 11.6 Å². The van der Waals surface area contributed by atoms with Crippen LogP contribution in [0.1, 0.15) is 38.9 Å². The van der Waals surface area contributed by atoms with Gasteiger partial charge in [-0.15, -0.1) is 0 Å². The van der Waals surface area contributed by atoms with Crippen molar-refractivity contribution in [3.63, 3.8) is 0 Å². The van der Waals surface area contributed by atoms with E-state index in [9.17, 15) is 4.57 Å². The van der Waals surface area contributed by atoms with Crippen molar-refractivity contribution in [2.75, 3.05) is 0 Å². The second-order valence-corrected chi connectivity index (χ2v) is 12.9. The molecule has 0 amide bonds. The molecule has 0 radical (unpaired) electrons. The van der Waals surface area contributed by atoms with Crippen molar-refractivity contribution in [1.29, 1.82) is 0 Å². The molecule has 0 aliphatic carbocycles. The van der Waals surface area contributed by atoms with Gasteiger partial charge in [-0.25, -0.2) is 12.1 Å². The SMILES string of the molecule is C[C@@H](c1ccc[c-]1[P@@H](=O)C(C)(C)C)P(c1ccccc1)c1ccccc1. The summed E-state index contributed by atoms with van der Waals surface area (Å²) >= 11 is 0. The van der Waals surface area contributed by atoms with Crippen molar-refractivity contribution in [1.82, 2.24) is 0 Å². The highest BCUT2D eigenvalue weighted by atomic mass is 31.1. The fraction of sp³-hybridized carbons (Fsp3) is 0.261. The summed E-state index contributed by atoms with van der Waals surface area (Å²) in [6.45, 7) is 8.52. The Morgan fingerprint density at radius 2 is 1.35 bits per heavy atom. The van der Waals surface area contributed by atoms with Crippen LogP contribution < -0.4 is 15.9 Å². The minimum atomic E-state index is -1.85. The standard InChI is InChI=1S/C23H27OP2/c1-18(21-16-11-17-22(21)26(24)23(2,3)4)25(19-12-7-5-8-13-19)20-14-9-6-10-15-20/h5-18,26H,1-4H3/q-1/t18-/m0/s1. The first kappa shape index (κ1) is 19.2. The molecule has 0 N–H and O–H groups in total. The molecule has 3 heteroatoms. The molecule has 0 fully saturated rings. The molecule has 3 rings (SSSR count). The van der Waals surface area contributed by atoms with Crippen LogP contribution in [0, 0.1) is 0 Å². The average molecular weight is 381 g/mol. The van der Waals surface area contributed by atoms with Crippen LogP contribution in [0.2, 0.25) is 0 Å². The van der Waals surface area contributed by atoms with Gasteiger partial charge in [0.2, 0.25) is 0 Å². The first-order chi connectivity index (χ1) is 12.4. The molecule has 3 aromatic carbocycles. The van der Waals surface area contributed by atoms with Crippen LogP contribution >= 0.6 is 15.7 Å². The molecule has 0 saturated heterocycles. The lowest BCUT2D eigenvalue weighted by molar-refractivity contribution is 0.572. The third-order valence-corrected chi connectivity index (χ3v) is 9.75. The van der Waals surface area contributed by atoms with Crippen molar-refractivity contribution >= 4 is 31.6 Å². The number of benzene rings is 2. The third kappa shape index (κ3) is 4.06. The molecular formula is C23H27OP2-. The molecule has 0 saturated carbocycles. The topological polar surface area (TPSA) is 17.1 Å². The van der Waals surface area contributed by atoms with Crippen molar-refractivity contribution in [3.05, 3.63) is 84.4 Å². The highest BCUT2D eigenvalue weighted by Crippen LogP contribution is 2.51. The maximum absolute atomic E-state index is 13.1. The molecule has 0 heterocycles. The summed E-state index contributed by atoms with van der Waals surface area (Å²) in [4.78, 5) is 0. The zero-order valence-electron chi connectivity index (χ0n) is 15.9. The summed E-state index contributed by atoms with van der Waals surface area (Å²) in [5.74, 6) is 0. The molecule has 2 atom stereocenters. The lowest BCUT2D eigenvalue weighted by Gasteiger charge is -2.31. The zero-order valence-corrected chi connectivity index (χ0v) is 17.8. The first-order valence-corrected chi connectivity index (χ1v) is 11.9. The molecule has 0 unspecified atom stereocenters. The van der Waals surface area contributed by atoms with Gasteiger partial charge in [-0.3, -0.25) is 0 Å². The van der Waals surface area contributed by atoms with E-state index in [2.05, 4.69) is 107 Å². The molecule has 0 aliphatic heterocycles. The largest absolute Gasteiger partial charge is 0.334 e. The van der Waals surface area contributed by atoms with Crippen LogP contribution in [0.15, 0.2) is 78.9 Å². The monoisotopic (exact) mass is 381 g/mol. The normalized spacial score (nSPS) is 14.3. The molecule has 26 heavy (non-hydrogen) atoms. The van der Waals surface area contributed by atoms with E-state index < -0.39 is 15.7 Å². The van der Waals surface area contributed by atoms with E-state index in [0.29, 0.717) is 5.66 Å². The van der Waals surface area contributed by atoms with Gasteiger partial charge in [0.1, 0.15) is 0 Å². The maximum atomic E-state index is 13.1. The van der Waals surface area contributed by atoms with Gasteiger partial charge < -0.3 is 4.57 Å². The average Bonchev–Trinajstić information content (AvgIpc) is 3.12. The van der Waals surface area contributed by atoms with E-state index in [1.807, 2.05) is 0 Å². The van der Waals surface area contributed by atoms with E-state index in [4.69, 9.17) is 0 Å². The highest BCUT2D eigenvalue weighted by Gasteiger charge is 2.25. The van der Waals surface area contributed by atoms with Crippen molar-refractivity contribution in [2.24, 2.45) is 0 Å². The molecule has 0 aliphatic rings. The van der Waals surface area contributed by atoms with Gasteiger partial charge >= 0.3 is 0 Å². The molecule has 0 spiro atoms. The minimum Gasteiger partial charge on any atom is -0.334 e. The lowest BCUT2D eigenvalue weighted by Crippen LogP contribution is -2.20. The Morgan fingerprint density at radius 3 is 1.81 bits per heavy atom. The Kier molecular flexibility index (Phi) is 5.91. The summed E-state index contributed by atoms with van der Waals surface area (Å²) in [6.07, 6.45) is 0. The Morgan fingerprint density at radius 1 is 0.846 bits per heavy atom. The summed E-state index contributed by atoms with van der Waals surface area (Å²) in [6, 6.07) is 27.8. The third-order valence-electron chi connectivity index (χ3n) is 4.68. The Hall–Kier alpha value is -1.55. The zero-order chi connectivity index (χ0) is 18.7. The predicted octanol–water partition coefficient (Wildman–Crippen LogP) is 5.58. The van der Waals surface area contributed by atoms with Gasteiger partial charge in [0.15, 0.2) is 0 Å². The van der Waals surface area contributed by atoms with Crippen molar-refractivity contribution < 1.29 is 4.57 Å². The fourth-order valence-electron chi connectivity index (χ4n) is 3.32. The van der Waals surface area contributed by atoms with Crippen LogP contribution in [0.4, 0.5) is 0 Å². The van der Waals surface area contributed by atoms with Crippen LogP contribution in [0.25, 0.3) is 0 Å². The molecular weight excluding hydrogens is 354 g/mol. The van der Waals surface area contributed by atoms with E-state index in [0.717, 1.165) is 5.30 Å². The summed E-state index contributed by atoms with van der Waals surface area (Å²) < 4.78 is 13.1. The van der Waals surface area contributed by atoms with E-state index in [1.165, 1.54) is 16.2 Å². The number of hydrogen-bond acceptors (Lipinski definition) is 1. The van der Waals surface area contributed by atoms with Crippen LogP contribution in [-0.2, 0) is 4.57 Å². The summed E-state index contributed by atoms with van der Waals surface area (Å²) in [7, 11) is -2.41. The second-order valence-electron chi connectivity index (χ2n) is 7.69. The van der Waals surface area contributed by atoms with E-state index in [-0.39, 0.29) is 5.16 Å². The summed E-state index contributed by atoms with van der Waals surface area (Å²) in [5, 5.41) is 3.61. The molecule has 1 nitrogen and oxygen atoms in total. The Labute approximate surface area is 159 Å². The molecule has 3 aromatic rings. The van der Waals surface area contributed by atoms with Gasteiger partial charge in [-0.1, -0.05) is 93.7 Å². The molecule has 0 bridgehead atoms. The van der Waals surface area contributed by atoms with Gasteiger partial charge in [0.05, 0.1) is 7.80 Å². The molecule has 0 aromatic heterocycles. The summed E-state index contributed by atoms with van der Waals surface area (Å²) in [5.41, 5.74) is 1.57. The second kappa shape index (κ2) is 7.99.